The summed E-state index contributed by atoms with van der Waals surface area (Å²) in [5, 5.41) is 41.0. The average molecular weight is 376 g/mol. The fourth-order valence-electron chi connectivity index (χ4n) is 6.94. The summed E-state index contributed by atoms with van der Waals surface area (Å²) < 4.78 is 0. The van der Waals surface area contributed by atoms with Gasteiger partial charge in [-0.15, -0.1) is 0 Å². The van der Waals surface area contributed by atoms with Crippen LogP contribution in [-0.4, -0.2) is 50.3 Å². The molecule has 0 aromatic carbocycles. The Labute approximate surface area is 158 Å². The number of hydrogen-bond donors (Lipinski definition) is 4. The highest BCUT2D eigenvalue weighted by Gasteiger charge is 2.70. The van der Waals surface area contributed by atoms with Gasteiger partial charge in [-0.1, -0.05) is 12.5 Å². The summed E-state index contributed by atoms with van der Waals surface area (Å²) in [4.78, 5) is 25.3. The van der Waals surface area contributed by atoms with Crippen LogP contribution in [0.4, 0.5) is 0 Å². The summed E-state index contributed by atoms with van der Waals surface area (Å²) in [6, 6.07) is 0. The van der Waals surface area contributed by atoms with Crippen LogP contribution in [0.3, 0.4) is 0 Å². The molecule has 3 fully saturated rings. The van der Waals surface area contributed by atoms with Crippen molar-refractivity contribution in [2.75, 3.05) is 6.61 Å². The zero-order chi connectivity index (χ0) is 19.8. The fraction of sp³-hybridized carbons (Fsp3) is 0.714. The maximum absolute atomic E-state index is 12.9. The Kier molecular flexibility index (Phi) is 4.01. The van der Waals surface area contributed by atoms with Crippen molar-refractivity contribution in [3.8, 4) is 0 Å². The van der Waals surface area contributed by atoms with Gasteiger partial charge in [0.1, 0.15) is 12.4 Å². The van der Waals surface area contributed by atoms with E-state index < -0.39 is 34.9 Å². The van der Waals surface area contributed by atoms with Gasteiger partial charge in [-0.05, 0) is 62.9 Å². The number of aliphatic hydroxyl groups excluding tert-OH is 3. The number of hydrogen-bond acceptors (Lipinski definition) is 6. The van der Waals surface area contributed by atoms with Crippen LogP contribution in [0.2, 0.25) is 0 Å². The Hall–Kier alpha value is -1.50. The molecule has 0 amide bonds. The van der Waals surface area contributed by atoms with E-state index in [9.17, 15) is 30.0 Å². The van der Waals surface area contributed by atoms with Crippen LogP contribution in [0.5, 0.6) is 0 Å². The second-order valence-electron chi connectivity index (χ2n) is 9.28. The molecule has 0 aromatic heterocycles. The average Bonchev–Trinajstić information content (AvgIpc) is 2.83. The van der Waals surface area contributed by atoms with Crippen LogP contribution in [0.25, 0.3) is 0 Å². The molecular weight excluding hydrogens is 348 g/mol. The molecule has 148 valence electrons. The molecule has 6 nitrogen and oxygen atoms in total. The van der Waals surface area contributed by atoms with Crippen LogP contribution < -0.4 is 0 Å². The highest BCUT2D eigenvalue weighted by Crippen LogP contribution is 2.67. The predicted octanol–water partition coefficient (Wildman–Crippen LogP) is 1.44. The van der Waals surface area contributed by atoms with E-state index in [0.29, 0.717) is 25.7 Å². The van der Waals surface area contributed by atoms with Crippen molar-refractivity contribution in [3.63, 3.8) is 0 Å². The van der Waals surface area contributed by atoms with Crippen molar-refractivity contribution in [2.24, 2.45) is 28.6 Å². The summed E-state index contributed by atoms with van der Waals surface area (Å²) in [6.07, 6.45) is 4.73. The van der Waals surface area contributed by atoms with E-state index in [4.69, 9.17) is 0 Å². The lowest BCUT2D eigenvalue weighted by Gasteiger charge is -2.57. The molecule has 7 atom stereocenters. The Morgan fingerprint density at radius 2 is 1.93 bits per heavy atom. The van der Waals surface area contributed by atoms with Gasteiger partial charge in [0.15, 0.2) is 17.2 Å². The first-order valence-electron chi connectivity index (χ1n) is 9.81. The summed E-state index contributed by atoms with van der Waals surface area (Å²) in [5.41, 5.74) is -2.48. The van der Waals surface area contributed by atoms with Crippen LogP contribution in [-0.2, 0) is 9.59 Å². The van der Waals surface area contributed by atoms with Crippen molar-refractivity contribution < 1.29 is 30.0 Å². The number of allylic oxidation sites excluding steroid dienone is 3. The molecule has 4 rings (SSSR count). The Bertz CT molecular complexity index is 769. The van der Waals surface area contributed by atoms with Crippen molar-refractivity contribution in [3.05, 3.63) is 23.5 Å². The Morgan fingerprint density at radius 1 is 1.22 bits per heavy atom. The van der Waals surface area contributed by atoms with Gasteiger partial charge in [-0.2, -0.15) is 0 Å². The van der Waals surface area contributed by atoms with E-state index in [2.05, 4.69) is 0 Å². The number of aliphatic hydroxyl groups is 4. The lowest BCUT2D eigenvalue weighted by molar-refractivity contribution is -0.178. The first-order chi connectivity index (χ1) is 12.6. The zero-order valence-electron chi connectivity index (χ0n) is 15.8. The number of carbonyl (C=O) groups excluding carboxylic acids is 2. The molecule has 27 heavy (non-hydrogen) atoms. The molecule has 0 spiro atoms. The minimum Gasteiger partial charge on any atom is -0.508 e. The number of ketones is 2. The highest BCUT2D eigenvalue weighted by atomic mass is 16.4. The van der Waals surface area contributed by atoms with Gasteiger partial charge in [-0.25, -0.2) is 0 Å². The largest absolute Gasteiger partial charge is 0.508 e. The first-order valence-corrected chi connectivity index (χ1v) is 9.81. The van der Waals surface area contributed by atoms with Crippen LogP contribution >= 0.6 is 0 Å². The zero-order valence-corrected chi connectivity index (χ0v) is 15.8. The third kappa shape index (κ3) is 2.12. The van der Waals surface area contributed by atoms with Crippen LogP contribution in [0.15, 0.2) is 23.5 Å². The first kappa shape index (κ1) is 18.8. The van der Waals surface area contributed by atoms with Gasteiger partial charge in [-0.3, -0.25) is 9.59 Å². The van der Waals surface area contributed by atoms with Crippen molar-refractivity contribution in [1.29, 1.82) is 0 Å². The molecule has 4 N–H and O–H groups in total. The number of Topliss-reactive ketones (excluding diaryl/α,β-unsaturated/α-hetero) is 1. The normalized spacial score (nSPS) is 48.9. The topological polar surface area (TPSA) is 115 Å². The molecule has 7 unspecified atom stereocenters. The molecule has 0 heterocycles. The highest BCUT2D eigenvalue weighted by molar-refractivity contribution is 5.99. The summed E-state index contributed by atoms with van der Waals surface area (Å²) in [7, 11) is 0. The summed E-state index contributed by atoms with van der Waals surface area (Å²) >= 11 is 0. The van der Waals surface area contributed by atoms with E-state index in [1.54, 1.807) is 6.08 Å². The van der Waals surface area contributed by atoms with Crippen molar-refractivity contribution in [1.82, 2.24) is 0 Å². The lowest BCUT2D eigenvalue weighted by atomic mass is 9.46. The van der Waals surface area contributed by atoms with Gasteiger partial charge in [0.2, 0.25) is 0 Å². The van der Waals surface area contributed by atoms with Gasteiger partial charge in [0, 0.05) is 11.5 Å². The minimum atomic E-state index is -1.94. The van der Waals surface area contributed by atoms with Crippen molar-refractivity contribution in [2.45, 2.75) is 57.7 Å². The molecular formula is C21H28O6. The van der Waals surface area contributed by atoms with Gasteiger partial charge < -0.3 is 20.4 Å². The number of rotatable bonds is 2. The third-order valence-electron chi connectivity index (χ3n) is 8.49. The molecule has 4 aliphatic carbocycles. The SMILES string of the molecule is CC12C(=O)C=C(O)C=C1CCC1C2CCC2(C)C1CC(O)C2(O)C(=O)CO. The Morgan fingerprint density at radius 3 is 2.59 bits per heavy atom. The Balaban J connectivity index is 1.74. The van der Waals surface area contributed by atoms with Gasteiger partial charge >= 0.3 is 0 Å². The summed E-state index contributed by atoms with van der Waals surface area (Å²) in [6.45, 7) is 3.00. The molecule has 3 saturated carbocycles. The van der Waals surface area contributed by atoms with E-state index >= 15 is 0 Å². The monoisotopic (exact) mass is 376 g/mol. The molecule has 0 radical (unpaired) electrons. The minimum absolute atomic E-state index is 0.00535. The second kappa shape index (κ2) is 5.75. The summed E-state index contributed by atoms with van der Waals surface area (Å²) in [5.74, 6) is -0.758. The van der Waals surface area contributed by atoms with E-state index in [-0.39, 0.29) is 29.3 Å². The maximum Gasteiger partial charge on any atom is 0.192 e. The molecule has 0 aromatic rings. The van der Waals surface area contributed by atoms with Crippen molar-refractivity contribution >= 4 is 11.6 Å². The molecule has 6 heteroatoms. The van der Waals surface area contributed by atoms with E-state index in [0.717, 1.165) is 12.0 Å². The van der Waals surface area contributed by atoms with E-state index in [1.807, 2.05) is 13.8 Å². The molecule has 0 saturated heterocycles. The van der Waals surface area contributed by atoms with Gasteiger partial charge in [0.05, 0.1) is 11.5 Å². The smallest absolute Gasteiger partial charge is 0.192 e. The van der Waals surface area contributed by atoms with Gasteiger partial charge in [0.25, 0.3) is 0 Å². The molecule has 0 aliphatic heterocycles. The van der Waals surface area contributed by atoms with Crippen LogP contribution in [0, 0.1) is 28.6 Å². The van der Waals surface area contributed by atoms with E-state index in [1.165, 1.54) is 6.08 Å². The second-order valence-corrected chi connectivity index (χ2v) is 9.28. The lowest BCUT2D eigenvalue weighted by Crippen LogP contribution is -2.61. The quantitative estimate of drug-likeness (QED) is 0.580. The maximum atomic E-state index is 12.9. The predicted molar refractivity (Wildman–Crippen MR) is 96.6 cm³/mol. The molecule has 0 bridgehead atoms. The third-order valence-corrected chi connectivity index (χ3v) is 8.49. The van der Waals surface area contributed by atoms with Crippen LogP contribution in [0.1, 0.15) is 46.0 Å². The fourth-order valence-corrected chi connectivity index (χ4v) is 6.94. The number of carbonyl (C=O) groups is 2. The standard InChI is InChI=1S/C21H28O6/c1-19-6-5-14-13(15(19)9-17(25)21(19,27)18(26)10-22)4-3-11-7-12(23)8-16(24)20(11,14)2/h7-8,13-15,17,22-23,25,27H,3-6,9-10H2,1-2H3. The number of fused-ring (bicyclic) bond motifs is 5. The molecule has 4 aliphatic rings.